The molecule has 17 heavy (non-hydrogen) atoms. The first kappa shape index (κ1) is 11.5. The third-order valence-corrected chi connectivity index (χ3v) is 2.79. The molecule has 0 saturated heterocycles. The van der Waals surface area contributed by atoms with Gasteiger partial charge in [0.2, 0.25) is 0 Å². The molecule has 0 spiro atoms. The molecule has 1 heterocycles. The number of nitrogens with one attached hydrogen (secondary N) is 2. The molecule has 0 radical (unpaired) electrons. The van der Waals surface area contributed by atoms with Crippen LogP contribution >= 0.6 is 11.3 Å². The van der Waals surface area contributed by atoms with E-state index in [1.807, 2.05) is 5.38 Å². The van der Waals surface area contributed by atoms with Crippen molar-refractivity contribution in [2.75, 3.05) is 5.32 Å². The van der Waals surface area contributed by atoms with Crippen LogP contribution in [0.4, 0.5) is 14.9 Å². The molecule has 4 nitrogen and oxygen atoms in total. The van der Waals surface area contributed by atoms with Crippen LogP contribution in [0, 0.1) is 5.82 Å². The highest BCUT2D eigenvalue weighted by molar-refractivity contribution is 7.09. The first-order valence-corrected chi connectivity index (χ1v) is 5.81. The van der Waals surface area contributed by atoms with Gasteiger partial charge < -0.3 is 10.6 Å². The van der Waals surface area contributed by atoms with Gasteiger partial charge in [-0.2, -0.15) is 0 Å². The minimum absolute atomic E-state index is 0.157. The van der Waals surface area contributed by atoms with Gasteiger partial charge in [0.1, 0.15) is 10.8 Å². The van der Waals surface area contributed by atoms with Gasteiger partial charge in [0.05, 0.1) is 12.2 Å². The first-order chi connectivity index (χ1) is 8.25. The zero-order valence-corrected chi connectivity index (χ0v) is 9.63. The number of halogens is 1. The molecule has 6 heteroatoms. The summed E-state index contributed by atoms with van der Waals surface area (Å²) in [7, 11) is 0. The summed E-state index contributed by atoms with van der Waals surface area (Å²) in [6, 6.07) is 5.55. The SMILES string of the molecule is O=C(NCc1nccs1)Nc1ccccc1F. The van der Waals surface area contributed by atoms with E-state index in [0.717, 1.165) is 5.01 Å². The molecule has 2 N–H and O–H groups in total. The van der Waals surface area contributed by atoms with E-state index < -0.39 is 11.8 Å². The Bertz CT molecular complexity index is 501. The molecule has 2 aromatic rings. The van der Waals surface area contributed by atoms with Crippen LogP contribution in [0.2, 0.25) is 0 Å². The Morgan fingerprint density at radius 2 is 2.24 bits per heavy atom. The number of thiazole rings is 1. The van der Waals surface area contributed by atoms with Crippen LogP contribution < -0.4 is 10.6 Å². The summed E-state index contributed by atoms with van der Waals surface area (Å²) in [5.74, 6) is -0.461. The molecular formula is C11H10FN3OS. The topological polar surface area (TPSA) is 54.0 Å². The first-order valence-electron chi connectivity index (χ1n) is 4.93. The molecule has 1 aromatic carbocycles. The normalized spacial score (nSPS) is 9.94. The van der Waals surface area contributed by atoms with Crippen LogP contribution in [0.5, 0.6) is 0 Å². The van der Waals surface area contributed by atoms with Gasteiger partial charge in [-0.1, -0.05) is 12.1 Å². The van der Waals surface area contributed by atoms with Crippen molar-refractivity contribution in [1.82, 2.24) is 10.3 Å². The van der Waals surface area contributed by atoms with Gasteiger partial charge in [0.15, 0.2) is 0 Å². The van der Waals surface area contributed by atoms with Gasteiger partial charge in [-0.05, 0) is 12.1 Å². The standard InChI is InChI=1S/C11H10FN3OS/c12-8-3-1-2-4-9(8)15-11(16)14-7-10-13-5-6-17-10/h1-6H,7H2,(H2,14,15,16). The molecule has 1 aromatic heterocycles. The molecule has 2 rings (SSSR count). The predicted octanol–water partition coefficient (Wildman–Crippen LogP) is 2.60. The summed E-state index contributed by atoms with van der Waals surface area (Å²) < 4.78 is 13.2. The van der Waals surface area contributed by atoms with E-state index in [-0.39, 0.29) is 5.69 Å². The summed E-state index contributed by atoms with van der Waals surface area (Å²) in [5.41, 5.74) is 0.157. The van der Waals surface area contributed by atoms with Gasteiger partial charge in [0, 0.05) is 11.6 Å². The lowest BCUT2D eigenvalue weighted by atomic mass is 10.3. The summed E-state index contributed by atoms with van der Waals surface area (Å²) >= 11 is 1.45. The number of carbonyl (C=O) groups is 1. The van der Waals surface area contributed by atoms with Crippen LogP contribution in [0.25, 0.3) is 0 Å². The number of para-hydroxylation sites is 1. The van der Waals surface area contributed by atoms with Crippen molar-refractivity contribution in [3.05, 3.63) is 46.7 Å². The van der Waals surface area contributed by atoms with Crippen molar-refractivity contribution in [1.29, 1.82) is 0 Å². The van der Waals surface area contributed by atoms with E-state index in [1.165, 1.54) is 23.5 Å². The summed E-state index contributed by atoms with van der Waals surface area (Å²) in [4.78, 5) is 15.5. The van der Waals surface area contributed by atoms with Crippen molar-refractivity contribution in [3.8, 4) is 0 Å². The zero-order chi connectivity index (χ0) is 12.1. The van der Waals surface area contributed by atoms with Gasteiger partial charge in [-0.25, -0.2) is 14.2 Å². The highest BCUT2D eigenvalue weighted by Crippen LogP contribution is 2.12. The predicted molar refractivity (Wildman–Crippen MR) is 64.4 cm³/mol. The monoisotopic (exact) mass is 251 g/mol. The number of amides is 2. The van der Waals surface area contributed by atoms with Crippen molar-refractivity contribution in [3.63, 3.8) is 0 Å². The Balaban J connectivity index is 1.87. The lowest BCUT2D eigenvalue weighted by molar-refractivity contribution is 0.251. The molecule has 0 aliphatic carbocycles. The lowest BCUT2D eigenvalue weighted by Crippen LogP contribution is -2.28. The molecule has 0 fully saturated rings. The second-order valence-corrected chi connectivity index (χ2v) is 4.19. The van der Waals surface area contributed by atoms with Gasteiger partial charge in [-0.3, -0.25) is 0 Å². The molecule has 0 atom stereocenters. The number of benzene rings is 1. The Labute approximate surface area is 102 Å². The highest BCUT2D eigenvalue weighted by Gasteiger charge is 2.05. The maximum absolute atomic E-state index is 13.2. The molecule has 88 valence electrons. The van der Waals surface area contributed by atoms with E-state index in [4.69, 9.17) is 0 Å². The minimum Gasteiger partial charge on any atom is -0.331 e. The summed E-state index contributed by atoms with van der Waals surface area (Å²) in [5, 5.41) is 7.64. The minimum atomic E-state index is -0.461. The average molecular weight is 251 g/mol. The highest BCUT2D eigenvalue weighted by atomic mass is 32.1. The van der Waals surface area contributed by atoms with E-state index in [1.54, 1.807) is 18.3 Å². The Morgan fingerprint density at radius 3 is 2.94 bits per heavy atom. The third-order valence-electron chi connectivity index (χ3n) is 2.01. The van der Waals surface area contributed by atoms with Crippen LogP contribution in [0.1, 0.15) is 5.01 Å². The fourth-order valence-electron chi connectivity index (χ4n) is 1.23. The number of rotatable bonds is 3. The molecule has 0 saturated carbocycles. The lowest BCUT2D eigenvalue weighted by Gasteiger charge is -2.06. The number of nitrogens with zero attached hydrogens (tertiary/aromatic N) is 1. The van der Waals surface area contributed by atoms with Gasteiger partial charge in [0.25, 0.3) is 0 Å². The van der Waals surface area contributed by atoms with Crippen molar-refractivity contribution in [2.45, 2.75) is 6.54 Å². The number of anilines is 1. The maximum atomic E-state index is 13.2. The van der Waals surface area contributed by atoms with Crippen molar-refractivity contribution in [2.24, 2.45) is 0 Å². The fraction of sp³-hybridized carbons (Fsp3) is 0.0909. The van der Waals surface area contributed by atoms with Crippen molar-refractivity contribution >= 4 is 23.1 Å². The second kappa shape index (κ2) is 5.40. The molecular weight excluding hydrogens is 241 g/mol. The quantitative estimate of drug-likeness (QED) is 0.881. The van der Waals surface area contributed by atoms with Gasteiger partial charge in [-0.15, -0.1) is 11.3 Å². The number of aromatic nitrogens is 1. The van der Waals surface area contributed by atoms with E-state index in [0.29, 0.717) is 6.54 Å². The van der Waals surface area contributed by atoms with Crippen LogP contribution in [0.15, 0.2) is 35.8 Å². The van der Waals surface area contributed by atoms with E-state index in [9.17, 15) is 9.18 Å². The molecule has 0 aliphatic rings. The number of hydrogen-bond acceptors (Lipinski definition) is 3. The van der Waals surface area contributed by atoms with Crippen LogP contribution in [0.3, 0.4) is 0 Å². The smallest absolute Gasteiger partial charge is 0.319 e. The Morgan fingerprint density at radius 1 is 1.41 bits per heavy atom. The third kappa shape index (κ3) is 3.25. The number of urea groups is 1. The largest absolute Gasteiger partial charge is 0.331 e. The molecule has 0 bridgehead atoms. The van der Waals surface area contributed by atoms with E-state index >= 15 is 0 Å². The molecule has 0 unspecified atom stereocenters. The Kier molecular flexibility index (Phi) is 3.66. The van der Waals surface area contributed by atoms with Crippen LogP contribution in [-0.2, 0) is 6.54 Å². The van der Waals surface area contributed by atoms with Crippen molar-refractivity contribution < 1.29 is 9.18 Å². The second-order valence-electron chi connectivity index (χ2n) is 3.21. The summed E-state index contributed by atoms with van der Waals surface area (Å²) in [6.45, 7) is 0.331. The average Bonchev–Trinajstić information content (AvgIpc) is 2.82. The number of carbonyl (C=O) groups excluding carboxylic acids is 1. The maximum Gasteiger partial charge on any atom is 0.319 e. The summed E-state index contributed by atoms with van der Waals surface area (Å²) in [6.07, 6.45) is 1.66. The number of hydrogen-bond donors (Lipinski definition) is 2. The molecule has 2 amide bonds. The zero-order valence-electron chi connectivity index (χ0n) is 8.81. The van der Waals surface area contributed by atoms with E-state index in [2.05, 4.69) is 15.6 Å². The Hall–Kier alpha value is -1.95. The fourth-order valence-corrected chi connectivity index (χ4v) is 1.78. The van der Waals surface area contributed by atoms with Crippen LogP contribution in [-0.4, -0.2) is 11.0 Å². The van der Waals surface area contributed by atoms with Gasteiger partial charge >= 0.3 is 6.03 Å². The molecule has 0 aliphatic heterocycles.